The van der Waals surface area contributed by atoms with Crippen molar-refractivity contribution in [3.05, 3.63) is 24.5 Å². The van der Waals surface area contributed by atoms with Crippen LogP contribution in [0.15, 0.2) is 29.7 Å². The molecule has 128 valence electrons. The molecule has 7 heteroatoms. The molecule has 3 rings (SSSR count). The maximum absolute atomic E-state index is 12.1. The molecule has 1 atom stereocenters. The van der Waals surface area contributed by atoms with E-state index in [4.69, 9.17) is 0 Å². The van der Waals surface area contributed by atoms with Gasteiger partial charge in [0.15, 0.2) is 11.0 Å². The van der Waals surface area contributed by atoms with Gasteiger partial charge in [-0.1, -0.05) is 25.1 Å². The summed E-state index contributed by atoms with van der Waals surface area (Å²) >= 11 is 1.46. The van der Waals surface area contributed by atoms with E-state index in [0.717, 1.165) is 42.2 Å². The van der Waals surface area contributed by atoms with Crippen molar-refractivity contribution >= 4 is 17.7 Å². The van der Waals surface area contributed by atoms with Gasteiger partial charge in [0.05, 0.1) is 5.75 Å². The Bertz CT molecular complexity index is 684. The average Bonchev–Trinajstić information content (AvgIpc) is 3.33. The molecule has 1 aliphatic carbocycles. The lowest BCUT2D eigenvalue weighted by Crippen LogP contribution is -2.33. The van der Waals surface area contributed by atoms with E-state index in [1.807, 2.05) is 19.1 Å². The van der Waals surface area contributed by atoms with E-state index in [1.54, 1.807) is 12.4 Å². The van der Waals surface area contributed by atoms with Gasteiger partial charge < -0.3 is 5.32 Å². The summed E-state index contributed by atoms with van der Waals surface area (Å²) in [5, 5.41) is 12.5. The van der Waals surface area contributed by atoms with Crippen LogP contribution >= 0.6 is 11.8 Å². The van der Waals surface area contributed by atoms with Gasteiger partial charge in [-0.2, -0.15) is 0 Å². The van der Waals surface area contributed by atoms with Gasteiger partial charge in [0.2, 0.25) is 5.91 Å². The van der Waals surface area contributed by atoms with Crippen LogP contribution in [0.3, 0.4) is 0 Å². The summed E-state index contributed by atoms with van der Waals surface area (Å²) < 4.78 is 2.16. The molecule has 2 aromatic heterocycles. The van der Waals surface area contributed by atoms with Crippen LogP contribution in [-0.2, 0) is 4.79 Å². The Balaban J connectivity index is 1.68. The fraction of sp³-hybridized carbons (Fsp3) is 0.529. The largest absolute Gasteiger partial charge is 0.353 e. The molecule has 1 fully saturated rings. The van der Waals surface area contributed by atoms with Gasteiger partial charge in [-0.3, -0.25) is 14.3 Å². The van der Waals surface area contributed by atoms with Gasteiger partial charge in [0.1, 0.15) is 0 Å². The number of pyridine rings is 1. The van der Waals surface area contributed by atoms with Crippen LogP contribution in [0.25, 0.3) is 11.4 Å². The molecule has 0 saturated heterocycles. The highest BCUT2D eigenvalue weighted by atomic mass is 32.2. The Labute approximate surface area is 146 Å². The van der Waals surface area contributed by atoms with Crippen molar-refractivity contribution in [2.45, 2.75) is 56.8 Å². The predicted octanol–water partition coefficient (Wildman–Crippen LogP) is 3.07. The highest BCUT2D eigenvalue weighted by molar-refractivity contribution is 7.99. The third kappa shape index (κ3) is 4.14. The summed E-state index contributed by atoms with van der Waals surface area (Å²) in [7, 11) is 0. The fourth-order valence-electron chi connectivity index (χ4n) is 2.68. The Kier molecular flexibility index (Phi) is 5.50. The third-order valence-electron chi connectivity index (χ3n) is 3.96. The summed E-state index contributed by atoms with van der Waals surface area (Å²) in [6.07, 6.45) is 7.89. The van der Waals surface area contributed by atoms with Crippen molar-refractivity contribution in [3.63, 3.8) is 0 Å². The molecule has 1 aliphatic rings. The summed E-state index contributed by atoms with van der Waals surface area (Å²) in [6.45, 7) is 4.16. The standard InChI is InChI=1S/C17H23N5OS/c1-3-5-12(2)19-15(23)11-24-17-21-20-16(22(17)14-7-8-14)13-6-4-9-18-10-13/h4,6,9-10,12,14H,3,5,7-8,11H2,1-2H3,(H,19,23)/t12-/m0/s1. The summed E-state index contributed by atoms with van der Waals surface area (Å²) in [4.78, 5) is 16.2. The number of hydrogen-bond acceptors (Lipinski definition) is 5. The molecule has 0 bridgehead atoms. The molecular weight excluding hydrogens is 322 g/mol. The number of carbonyl (C=O) groups excluding carboxylic acids is 1. The topological polar surface area (TPSA) is 72.7 Å². The van der Waals surface area contributed by atoms with Crippen molar-refractivity contribution in [1.82, 2.24) is 25.1 Å². The third-order valence-corrected chi connectivity index (χ3v) is 4.90. The molecule has 2 heterocycles. The van der Waals surface area contributed by atoms with Crippen LogP contribution in [0.2, 0.25) is 0 Å². The Morgan fingerprint density at radius 3 is 2.96 bits per heavy atom. The minimum Gasteiger partial charge on any atom is -0.353 e. The predicted molar refractivity (Wildman–Crippen MR) is 94.8 cm³/mol. The monoisotopic (exact) mass is 345 g/mol. The van der Waals surface area contributed by atoms with Crippen molar-refractivity contribution < 1.29 is 4.79 Å². The van der Waals surface area contributed by atoms with E-state index in [-0.39, 0.29) is 11.9 Å². The minimum atomic E-state index is 0.0502. The zero-order valence-corrected chi connectivity index (χ0v) is 14.9. The van der Waals surface area contributed by atoms with Gasteiger partial charge in [-0.25, -0.2) is 0 Å². The Morgan fingerprint density at radius 2 is 2.29 bits per heavy atom. The number of hydrogen-bond donors (Lipinski definition) is 1. The number of aromatic nitrogens is 4. The highest BCUT2D eigenvalue weighted by Gasteiger charge is 2.30. The Morgan fingerprint density at radius 1 is 1.46 bits per heavy atom. The lowest BCUT2D eigenvalue weighted by atomic mass is 10.2. The second-order valence-electron chi connectivity index (χ2n) is 6.19. The van der Waals surface area contributed by atoms with E-state index in [9.17, 15) is 4.79 Å². The molecule has 0 spiro atoms. The summed E-state index contributed by atoms with van der Waals surface area (Å²) in [6, 6.07) is 4.55. The number of thioether (sulfide) groups is 1. The van der Waals surface area contributed by atoms with Crippen molar-refractivity contribution in [3.8, 4) is 11.4 Å². The quantitative estimate of drug-likeness (QED) is 0.744. The first-order valence-corrected chi connectivity index (χ1v) is 9.45. The van der Waals surface area contributed by atoms with Crippen molar-refractivity contribution in [2.75, 3.05) is 5.75 Å². The summed E-state index contributed by atoms with van der Waals surface area (Å²) in [5.41, 5.74) is 0.963. The lowest BCUT2D eigenvalue weighted by Gasteiger charge is -2.12. The van der Waals surface area contributed by atoms with Crippen molar-refractivity contribution in [2.24, 2.45) is 0 Å². The second-order valence-corrected chi connectivity index (χ2v) is 7.14. The van der Waals surface area contributed by atoms with Crippen LogP contribution in [0.4, 0.5) is 0 Å². The molecule has 0 aromatic carbocycles. The number of carbonyl (C=O) groups is 1. The molecule has 1 N–H and O–H groups in total. The van der Waals surface area contributed by atoms with Crippen LogP contribution in [0.1, 0.15) is 45.6 Å². The van der Waals surface area contributed by atoms with Gasteiger partial charge in [0, 0.05) is 30.0 Å². The first-order chi connectivity index (χ1) is 11.7. The van der Waals surface area contributed by atoms with E-state index >= 15 is 0 Å². The molecule has 6 nitrogen and oxygen atoms in total. The molecule has 0 aliphatic heterocycles. The number of nitrogens with one attached hydrogen (secondary N) is 1. The number of rotatable bonds is 8. The zero-order chi connectivity index (χ0) is 16.9. The maximum Gasteiger partial charge on any atom is 0.230 e. The lowest BCUT2D eigenvalue weighted by molar-refractivity contribution is -0.119. The van der Waals surface area contributed by atoms with Crippen LogP contribution in [0, 0.1) is 0 Å². The van der Waals surface area contributed by atoms with Gasteiger partial charge >= 0.3 is 0 Å². The number of amides is 1. The van der Waals surface area contributed by atoms with Crippen LogP contribution < -0.4 is 5.32 Å². The maximum atomic E-state index is 12.1. The molecule has 0 radical (unpaired) electrons. The smallest absolute Gasteiger partial charge is 0.230 e. The molecule has 2 aromatic rings. The van der Waals surface area contributed by atoms with Gasteiger partial charge in [0.25, 0.3) is 0 Å². The first-order valence-electron chi connectivity index (χ1n) is 8.46. The number of nitrogens with zero attached hydrogens (tertiary/aromatic N) is 4. The average molecular weight is 345 g/mol. The van der Waals surface area contributed by atoms with Crippen LogP contribution in [-0.4, -0.2) is 37.5 Å². The molecule has 1 saturated carbocycles. The van der Waals surface area contributed by atoms with Gasteiger partial charge in [-0.15, -0.1) is 10.2 Å². The fourth-order valence-corrected chi connectivity index (χ4v) is 3.50. The molecule has 24 heavy (non-hydrogen) atoms. The van der Waals surface area contributed by atoms with E-state index in [2.05, 4.69) is 32.0 Å². The summed E-state index contributed by atoms with van der Waals surface area (Å²) in [5.74, 6) is 1.26. The van der Waals surface area contributed by atoms with Gasteiger partial charge in [-0.05, 0) is 38.3 Å². The van der Waals surface area contributed by atoms with E-state index < -0.39 is 0 Å². The Hall–Kier alpha value is -1.89. The molecule has 0 unspecified atom stereocenters. The first kappa shape index (κ1) is 17.0. The molecule has 1 amide bonds. The van der Waals surface area contributed by atoms with Crippen LogP contribution in [0.5, 0.6) is 0 Å². The highest BCUT2D eigenvalue weighted by Crippen LogP contribution is 2.40. The van der Waals surface area contributed by atoms with E-state index in [1.165, 1.54) is 11.8 Å². The normalized spacial score (nSPS) is 15.2. The zero-order valence-electron chi connectivity index (χ0n) is 14.1. The SMILES string of the molecule is CCC[C@H](C)NC(=O)CSc1nnc(-c2cccnc2)n1C1CC1. The van der Waals surface area contributed by atoms with E-state index in [0.29, 0.717) is 11.8 Å². The van der Waals surface area contributed by atoms with Crippen molar-refractivity contribution in [1.29, 1.82) is 0 Å². The molecular formula is C17H23N5OS. The second kappa shape index (κ2) is 7.79. The minimum absolute atomic E-state index is 0.0502.